The number of piperidine rings is 1. The van der Waals surface area contributed by atoms with Gasteiger partial charge in [-0.2, -0.15) is 18.4 Å². The van der Waals surface area contributed by atoms with Crippen LogP contribution in [0.3, 0.4) is 0 Å². The molecule has 2 fully saturated rings. The Bertz CT molecular complexity index is 884. The molecule has 2 saturated heterocycles. The van der Waals surface area contributed by atoms with Crippen LogP contribution in [-0.2, 0) is 0 Å². The maximum Gasteiger partial charge on any atom is 0.379 e. The first kappa shape index (κ1) is 22.2. The first-order valence-electron chi connectivity index (χ1n) is 10.2. The maximum atomic E-state index is 9.67. The van der Waals surface area contributed by atoms with Gasteiger partial charge in [0.15, 0.2) is 0 Å². The van der Waals surface area contributed by atoms with Crippen LogP contribution >= 0.6 is 0 Å². The van der Waals surface area contributed by atoms with E-state index in [1.807, 2.05) is 12.1 Å². The lowest BCUT2D eigenvalue weighted by atomic mass is 9.94. The van der Waals surface area contributed by atoms with Gasteiger partial charge in [-0.15, -0.1) is 0 Å². The molecule has 2 N–H and O–H groups in total. The van der Waals surface area contributed by atoms with Crippen LogP contribution in [0.2, 0.25) is 0 Å². The number of fused-ring (bicyclic) bond motifs is 1. The second-order valence-electron chi connectivity index (χ2n) is 8.04. The van der Waals surface area contributed by atoms with Gasteiger partial charge in [-0.3, -0.25) is 9.97 Å². The molecule has 2 aromatic rings. The monoisotopic (exact) mass is 420 g/mol. The summed E-state index contributed by atoms with van der Waals surface area (Å²) in [6, 6.07) is 6.47. The lowest BCUT2D eigenvalue weighted by Crippen LogP contribution is -2.47. The minimum absolute atomic E-state index is 0.356. The molecule has 9 heteroatoms. The van der Waals surface area contributed by atoms with Gasteiger partial charge in [0.1, 0.15) is 17.1 Å². The molecule has 6 nitrogen and oxygen atoms in total. The molecule has 0 saturated carbocycles. The van der Waals surface area contributed by atoms with Crippen molar-refractivity contribution in [2.24, 2.45) is 17.6 Å². The van der Waals surface area contributed by atoms with Gasteiger partial charge in [-0.05, 0) is 43.4 Å². The molecule has 3 atom stereocenters. The number of likely N-dealkylation sites (tertiary alicyclic amines) is 1. The summed E-state index contributed by atoms with van der Waals surface area (Å²) in [6.07, 6.45) is 5.66. The molecule has 1 aromatic carbocycles. The summed E-state index contributed by atoms with van der Waals surface area (Å²) in [5, 5.41) is 9.31. The Morgan fingerprint density at radius 1 is 1.13 bits per heavy atom. The van der Waals surface area contributed by atoms with Crippen molar-refractivity contribution in [3.05, 3.63) is 30.1 Å². The third-order valence-corrected chi connectivity index (χ3v) is 5.92. The van der Waals surface area contributed by atoms with E-state index in [2.05, 4.69) is 32.8 Å². The van der Waals surface area contributed by atoms with Crippen LogP contribution in [0.5, 0.6) is 0 Å². The molecule has 30 heavy (non-hydrogen) atoms. The summed E-state index contributed by atoms with van der Waals surface area (Å²) in [7, 11) is 0. The van der Waals surface area contributed by atoms with Crippen LogP contribution in [0.15, 0.2) is 24.5 Å². The van der Waals surface area contributed by atoms with Crippen LogP contribution in [0.1, 0.15) is 25.3 Å². The molecule has 0 spiro atoms. The number of hydrogen-bond donors (Lipinski definition) is 1. The summed E-state index contributed by atoms with van der Waals surface area (Å²) in [6.45, 7) is 4.04. The molecular formula is C21H27F3N6. The van der Waals surface area contributed by atoms with Crippen LogP contribution in [0.4, 0.5) is 18.9 Å². The van der Waals surface area contributed by atoms with E-state index in [9.17, 15) is 18.4 Å². The Kier molecular flexibility index (Phi) is 7.45. The minimum atomic E-state index is -3.67. The molecule has 162 valence electrons. The Morgan fingerprint density at radius 3 is 2.50 bits per heavy atom. The number of nitrogens with zero attached hydrogens (tertiary/aromatic N) is 5. The fourth-order valence-electron chi connectivity index (χ4n) is 4.37. The van der Waals surface area contributed by atoms with E-state index in [1.54, 1.807) is 12.4 Å². The van der Waals surface area contributed by atoms with E-state index in [-0.39, 0.29) is 0 Å². The number of nitriles is 1. The molecule has 3 unspecified atom stereocenters. The topological polar surface area (TPSA) is 82.1 Å². The Balaban J connectivity index is 0.000000589. The SMILES string of the molecule is CC1CN(CC2CCN(c3ccc(C#N)c4nccnc34)C2)CCC1N.FC(F)F. The van der Waals surface area contributed by atoms with Crippen molar-refractivity contribution in [1.82, 2.24) is 14.9 Å². The molecule has 0 amide bonds. The van der Waals surface area contributed by atoms with Gasteiger partial charge < -0.3 is 15.5 Å². The lowest BCUT2D eigenvalue weighted by molar-refractivity contribution is 0.00819. The number of benzene rings is 1. The average molecular weight is 420 g/mol. The quantitative estimate of drug-likeness (QED) is 0.821. The van der Waals surface area contributed by atoms with Gasteiger partial charge in [0, 0.05) is 44.6 Å². The number of anilines is 1. The van der Waals surface area contributed by atoms with Crippen LogP contribution in [0, 0.1) is 23.2 Å². The maximum absolute atomic E-state index is 9.67. The van der Waals surface area contributed by atoms with E-state index in [1.165, 1.54) is 6.42 Å². The standard InChI is InChI=1S/C20H26N6.CHF3/c1-14-11-25(8-5-17(14)22)12-15-4-9-26(13-15)18-3-2-16(10-21)19-20(18)24-7-6-23-19;2-1(3)4/h2-3,6-7,14-15,17H,4-5,8-9,11-13,22H2,1H3;1H. The molecule has 0 bridgehead atoms. The first-order chi connectivity index (χ1) is 14.4. The van der Waals surface area contributed by atoms with Gasteiger partial charge in [-0.1, -0.05) is 6.92 Å². The zero-order chi connectivity index (χ0) is 21.7. The number of halogens is 3. The molecular weight excluding hydrogens is 393 g/mol. The summed E-state index contributed by atoms with van der Waals surface area (Å²) in [5.41, 5.74) is 9.38. The first-order valence-corrected chi connectivity index (χ1v) is 10.2. The van der Waals surface area contributed by atoms with E-state index < -0.39 is 6.68 Å². The lowest BCUT2D eigenvalue weighted by Gasteiger charge is -2.36. The zero-order valence-electron chi connectivity index (χ0n) is 17.0. The summed E-state index contributed by atoms with van der Waals surface area (Å²) >= 11 is 0. The predicted octanol–water partition coefficient (Wildman–Crippen LogP) is 3.18. The van der Waals surface area contributed by atoms with Crippen molar-refractivity contribution < 1.29 is 13.2 Å². The van der Waals surface area contributed by atoms with Crippen molar-refractivity contribution in [2.45, 2.75) is 32.5 Å². The number of nitrogens with two attached hydrogens (primary N) is 1. The van der Waals surface area contributed by atoms with Crippen molar-refractivity contribution >= 4 is 16.7 Å². The van der Waals surface area contributed by atoms with E-state index in [0.717, 1.165) is 50.3 Å². The fraction of sp³-hybridized carbons (Fsp3) is 0.571. The van der Waals surface area contributed by atoms with Crippen LogP contribution < -0.4 is 10.6 Å². The van der Waals surface area contributed by atoms with Crippen LogP contribution in [0.25, 0.3) is 11.0 Å². The molecule has 0 radical (unpaired) electrons. The third-order valence-electron chi connectivity index (χ3n) is 5.92. The van der Waals surface area contributed by atoms with E-state index >= 15 is 0 Å². The highest BCUT2D eigenvalue weighted by molar-refractivity contribution is 5.92. The van der Waals surface area contributed by atoms with E-state index in [4.69, 9.17) is 5.73 Å². The van der Waals surface area contributed by atoms with Crippen molar-refractivity contribution in [3.63, 3.8) is 0 Å². The van der Waals surface area contributed by atoms with Gasteiger partial charge >= 0.3 is 6.68 Å². The predicted molar refractivity (Wildman–Crippen MR) is 110 cm³/mol. The highest BCUT2D eigenvalue weighted by atomic mass is 19.4. The molecule has 0 aliphatic carbocycles. The highest BCUT2D eigenvalue weighted by Crippen LogP contribution is 2.31. The van der Waals surface area contributed by atoms with Crippen LogP contribution in [-0.4, -0.2) is 60.3 Å². The van der Waals surface area contributed by atoms with Gasteiger partial charge in [0.25, 0.3) is 0 Å². The number of alkyl halides is 3. The third kappa shape index (κ3) is 5.37. The summed E-state index contributed by atoms with van der Waals surface area (Å²) in [5.74, 6) is 1.25. The summed E-state index contributed by atoms with van der Waals surface area (Å²) < 4.78 is 29.0. The molecule has 4 rings (SSSR count). The minimum Gasteiger partial charge on any atom is -0.369 e. The fourth-order valence-corrected chi connectivity index (χ4v) is 4.37. The normalized spacial score (nSPS) is 24.6. The Labute approximate surface area is 174 Å². The molecule has 3 heterocycles. The molecule has 2 aliphatic heterocycles. The largest absolute Gasteiger partial charge is 0.379 e. The van der Waals surface area contributed by atoms with Gasteiger partial charge in [-0.25, -0.2) is 0 Å². The average Bonchev–Trinajstić information content (AvgIpc) is 3.17. The number of hydrogen-bond acceptors (Lipinski definition) is 6. The molecule has 1 aromatic heterocycles. The second-order valence-corrected chi connectivity index (χ2v) is 8.04. The molecule has 2 aliphatic rings. The second kappa shape index (κ2) is 10.0. The highest BCUT2D eigenvalue weighted by Gasteiger charge is 2.29. The zero-order valence-corrected chi connectivity index (χ0v) is 17.0. The Hall–Kier alpha value is -2.44. The van der Waals surface area contributed by atoms with Crippen molar-refractivity contribution in [3.8, 4) is 6.07 Å². The van der Waals surface area contributed by atoms with Gasteiger partial charge in [0.05, 0.1) is 11.3 Å². The Morgan fingerprint density at radius 2 is 1.83 bits per heavy atom. The van der Waals surface area contributed by atoms with E-state index in [0.29, 0.717) is 29.0 Å². The summed E-state index contributed by atoms with van der Waals surface area (Å²) in [4.78, 5) is 13.9. The number of aromatic nitrogens is 2. The van der Waals surface area contributed by atoms with Crippen molar-refractivity contribution in [2.75, 3.05) is 37.6 Å². The smallest absolute Gasteiger partial charge is 0.369 e. The van der Waals surface area contributed by atoms with Crippen molar-refractivity contribution in [1.29, 1.82) is 5.26 Å². The number of rotatable bonds is 3. The van der Waals surface area contributed by atoms with Gasteiger partial charge in [0.2, 0.25) is 0 Å².